The van der Waals surface area contributed by atoms with Crippen molar-refractivity contribution in [3.8, 4) is 0 Å². The van der Waals surface area contributed by atoms with E-state index < -0.39 is 0 Å². The van der Waals surface area contributed by atoms with E-state index in [1.165, 1.54) is 70.6 Å². The normalized spacial score (nSPS) is 17.5. The molecule has 0 amide bonds. The molecular formula is C22H40O4. The number of esters is 1. The van der Waals surface area contributed by atoms with Gasteiger partial charge in [-0.25, -0.2) is 4.79 Å². The van der Waals surface area contributed by atoms with E-state index in [9.17, 15) is 4.79 Å². The van der Waals surface area contributed by atoms with Gasteiger partial charge in [-0.1, -0.05) is 70.8 Å². The summed E-state index contributed by atoms with van der Waals surface area (Å²) in [6.45, 7) is 3.37. The topological polar surface area (TPSA) is 48.1 Å². The number of hydrogen-bond donors (Lipinski definition) is 0. The van der Waals surface area contributed by atoms with E-state index in [0.717, 1.165) is 19.4 Å². The Balaban J connectivity index is 1.83. The molecule has 1 aliphatic heterocycles. The van der Waals surface area contributed by atoms with Crippen LogP contribution in [0.15, 0.2) is 12.2 Å². The van der Waals surface area contributed by atoms with Gasteiger partial charge in [0.15, 0.2) is 0 Å². The summed E-state index contributed by atoms with van der Waals surface area (Å²) in [5.74, 6) is -0.247. The molecule has 1 fully saturated rings. The Morgan fingerprint density at radius 3 is 2.27 bits per heavy atom. The molecule has 0 spiro atoms. The summed E-state index contributed by atoms with van der Waals surface area (Å²) in [7, 11) is 1.85. The molecule has 0 radical (unpaired) electrons. The van der Waals surface area contributed by atoms with Gasteiger partial charge in [0.05, 0.1) is 12.7 Å². The highest BCUT2D eigenvalue weighted by molar-refractivity contribution is 5.81. The third kappa shape index (κ3) is 14.3. The van der Waals surface area contributed by atoms with Crippen LogP contribution < -0.4 is 0 Å². The molecular weight excluding hydrogens is 328 g/mol. The van der Waals surface area contributed by atoms with Crippen molar-refractivity contribution in [2.24, 2.45) is 0 Å². The number of methoxy groups -OCH3 is 1. The van der Waals surface area contributed by atoms with E-state index >= 15 is 0 Å². The van der Waals surface area contributed by atoms with Gasteiger partial charge >= 0.3 is 5.97 Å². The van der Waals surface area contributed by atoms with E-state index in [-0.39, 0.29) is 12.1 Å². The highest BCUT2D eigenvalue weighted by atomic mass is 16.6. The first-order chi connectivity index (χ1) is 12.8. The lowest BCUT2D eigenvalue weighted by molar-refractivity contribution is -0.138. The van der Waals surface area contributed by atoms with Crippen LogP contribution in [0.2, 0.25) is 0 Å². The predicted octanol–water partition coefficient (Wildman–Crippen LogP) is 5.59. The average Bonchev–Trinajstić information content (AvgIpc) is 3.47. The van der Waals surface area contributed by atoms with Crippen LogP contribution >= 0.6 is 0 Å². The van der Waals surface area contributed by atoms with Crippen LogP contribution in [0.3, 0.4) is 0 Å². The van der Waals surface area contributed by atoms with E-state index in [0.29, 0.717) is 12.7 Å². The minimum absolute atomic E-state index is 0.146. The van der Waals surface area contributed by atoms with Gasteiger partial charge in [-0.15, -0.1) is 0 Å². The van der Waals surface area contributed by atoms with Gasteiger partial charge in [-0.3, -0.25) is 0 Å². The van der Waals surface area contributed by atoms with Crippen LogP contribution in [0, 0.1) is 0 Å². The molecule has 0 aromatic heterocycles. The lowest BCUT2D eigenvalue weighted by Crippen LogP contribution is -2.10. The van der Waals surface area contributed by atoms with Crippen LogP contribution in [-0.4, -0.2) is 38.5 Å². The molecule has 1 aliphatic rings. The number of carbonyl (C=O) groups excluding carboxylic acids is 1. The van der Waals surface area contributed by atoms with Crippen molar-refractivity contribution in [3.63, 3.8) is 0 Å². The van der Waals surface area contributed by atoms with Crippen molar-refractivity contribution in [1.82, 2.24) is 0 Å². The monoisotopic (exact) mass is 368 g/mol. The second kappa shape index (κ2) is 16.3. The molecule has 2 atom stereocenters. The molecule has 0 aliphatic carbocycles. The molecule has 0 N–H and O–H groups in total. The first kappa shape index (κ1) is 23.2. The maximum Gasteiger partial charge on any atom is 0.330 e. The first-order valence-electron chi connectivity index (χ1n) is 10.7. The summed E-state index contributed by atoms with van der Waals surface area (Å²) in [4.78, 5) is 11.4. The van der Waals surface area contributed by atoms with Gasteiger partial charge < -0.3 is 14.2 Å². The standard InChI is InChI=1S/C22H40O4/c1-3-4-5-12-15-20(24-2)16-13-10-8-6-7-9-11-14-17-22(23)26-19-21-18-25-21/h14,17,20-21H,3-13,15-16,18-19H2,1-2H3. The van der Waals surface area contributed by atoms with Crippen LogP contribution in [0.25, 0.3) is 0 Å². The fourth-order valence-corrected chi connectivity index (χ4v) is 3.09. The second-order valence-corrected chi connectivity index (χ2v) is 7.39. The van der Waals surface area contributed by atoms with E-state index in [1.807, 2.05) is 13.2 Å². The van der Waals surface area contributed by atoms with Gasteiger partial charge in [0.2, 0.25) is 0 Å². The Morgan fingerprint density at radius 1 is 1.04 bits per heavy atom. The van der Waals surface area contributed by atoms with E-state index in [2.05, 4.69) is 6.92 Å². The summed E-state index contributed by atoms with van der Waals surface area (Å²) < 4.78 is 15.6. The molecule has 0 aromatic carbocycles. The van der Waals surface area contributed by atoms with Crippen LogP contribution in [0.1, 0.15) is 90.4 Å². The van der Waals surface area contributed by atoms with Gasteiger partial charge in [-0.2, -0.15) is 0 Å². The third-order valence-electron chi connectivity index (χ3n) is 4.93. The Kier molecular flexibility index (Phi) is 14.5. The number of allylic oxidation sites excluding steroid dienone is 1. The summed E-state index contributed by atoms with van der Waals surface area (Å²) in [5.41, 5.74) is 0. The number of epoxide rings is 1. The fourth-order valence-electron chi connectivity index (χ4n) is 3.09. The fraction of sp³-hybridized carbons (Fsp3) is 0.864. The van der Waals surface area contributed by atoms with Crippen molar-refractivity contribution < 1.29 is 19.0 Å². The Labute approximate surface area is 160 Å². The Bertz CT molecular complexity index is 363. The summed E-state index contributed by atoms with van der Waals surface area (Å²) in [6.07, 6.45) is 20.3. The quantitative estimate of drug-likeness (QED) is 0.137. The van der Waals surface area contributed by atoms with E-state index in [4.69, 9.17) is 14.2 Å². The molecule has 152 valence electrons. The summed E-state index contributed by atoms with van der Waals surface area (Å²) in [6, 6.07) is 0. The van der Waals surface area contributed by atoms with Crippen molar-refractivity contribution in [3.05, 3.63) is 12.2 Å². The lowest BCUT2D eigenvalue weighted by Gasteiger charge is -2.14. The zero-order valence-electron chi connectivity index (χ0n) is 17.0. The lowest BCUT2D eigenvalue weighted by atomic mass is 10.0. The number of rotatable bonds is 18. The SMILES string of the molecule is CCCCCCC(CCCCCCCCC=CC(=O)OCC1CO1)OC. The van der Waals surface area contributed by atoms with Crippen LogP contribution in [-0.2, 0) is 19.0 Å². The minimum Gasteiger partial charge on any atom is -0.460 e. The number of unbranched alkanes of at least 4 members (excludes halogenated alkanes) is 9. The molecule has 1 rings (SSSR count). The predicted molar refractivity (Wildman–Crippen MR) is 106 cm³/mol. The zero-order chi connectivity index (χ0) is 18.9. The number of hydrogen-bond acceptors (Lipinski definition) is 4. The highest BCUT2D eigenvalue weighted by Crippen LogP contribution is 2.15. The maximum absolute atomic E-state index is 11.4. The smallest absolute Gasteiger partial charge is 0.330 e. The molecule has 26 heavy (non-hydrogen) atoms. The van der Waals surface area contributed by atoms with Crippen molar-refractivity contribution in [2.45, 2.75) is 103 Å². The maximum atomic E-state index is 11.4. The summed E-state index contributed by atoms with van der Waals surface area (Å²) in [5, 5.41) is 0. The van der Waals surface area contributed by atoms with Crippen molar-refractivity contribution in [2.75, 3.05) is 20.3 Å². The molecule has 4 nitrogen and oxygen atoms in total. The van der Waals surface area contributed by atoms with Crippen molar-refractivity contribution in [1.29, 1.82) is 0 Å². The van der Waals surface area contributed by atoms with Crippen LogP contribution in [0.4, 0.5) is 0 Å². The molecule has 1 saturated heterocycles. The molecule has 1 heterocycles. The van der Waals surface area contributed by atoms with Gasteiger partial charge in [0.1, 0.15) is 12.7 Å². The molecule has 2 unspecified atom stereocenters. The number of carbonyl (C=O) groups is 1. The largest absolute Gasteiger partial charge is 0.460 e. The van der Waals surface area contributed by atoms with Gasteiger partial charge in [-0.05, 0) is 25.7 Å². The molecule has 0 saturated carbocycles. The zero-order valence-corrected chi connectivity index (χ0v) is 17.0. The minimum atomic E-state index is -0.247. The highest BCUT2D eigenvalue weighted by Gasteiger charge is 2.23. The van der Waals surface area contributed by atoms with Crippen molar-refractivity contribution >= 4 is 5.97 Å². The number of ether oxygens (including phenoxy) is 3. The Morgan fingerprint density at radius 2 is 1.65 bits per heavy atom. The van der Waals surface area contributed by atoms with E-state index in [1.54, 1.807) is 6.08 Å². The first-order valence-corrected chi connectivity index (χ1v) is 10.7. The van der Waals surface area contributed by atoms with Gasteiger partial charge in [0.25, 0.3) is 0 Å². The molecule has 0 bridgehead atoms. The third-order valence-corrected chi connectivity index (χ3v) is 4.93. The molecule has 4 heteroatoms. The second-order valence-electron chi connectivity index (χ2n) is 7.39. The van der Waals surface area contributed by atoms with Gasteiger partial charge in [0, 0.05) is 13.2 Å². The summed E-state index contributed by atoms with van der Waals surface area (Å²) >= 11 is 0. The Hall–Kier alpha value is -0.870. The average molecular weight is 369 g/mol. The molecule has 0 aromatic rings. The van der Waals surface area contributed by atoms with Crippen LogP contribution in [0.5, 0.6) is 0 Å².